The molecule has 0 saturated carbocycles. The number of hydrogen-bond donors (Lipinski definition) is 0. The Morgan fingerprint density at radius 3 is 2.64 bits per heavy atom. The molecule has 3 nitrogen and oxygen atoms in total. The molecular formula is C18H20FNO2. The van der Waals surface area contributed by atoms with E-state index in [-0.39, 0.29) is 11.7 Å². The summed E-state index contributed by atoms with van der Waals surface area (Å²) in [6, 6.07) is 13.7. The zero-order chi connectivity index (χ0) is 16.1. The summed E-state index contributed by atoms with van der Waals surface area (Å²) < 4.78 is 18.6. The molecule has 2 rings (SSSR count). The standard InChI is InChI=1S/C18H20FNO2/c1-13-7-4-5-8-15(13)12-20(3)18(21)14(2)22-17-10-6-9-16(19)11-17/h4-11,14H,12H2,1-3H3. The van der Waals surface area contributed by atoms with Gasteiger partial charge in [-0.3, -0.25) is 4.79 Å². The van der Waals surface area contributed by atoms with Crippen LogP contribution in [0.4, 0.5) is 4.39 Å². The van der Waals surface area contributed by atoms with Crippen LogP contribution in [0.1, 0.15) is 18.1 Å². The van der Waals surface area contributed by atoms with Gasteiger partial charge < -0.3 is 9.64 Å². The Balaban J connectivity index is 1.99. The first kappa shape index (κ1) is 16.0. The first-order valence-corrected chi connectivity index (χ1v) is 7.19. The number of halogens is 1. The fourth-order valence-electron chi connectivity index (χ4n) is 2.23. The summed E-state index contributed by atoms with van der Waals surface area (Å²) in [5, 5.41) is 0. The molecule has 0 N–H and O–H groups in total. The smallest absolute Gasteiger partial charge is 0.263 e. The summed E-state index contributed by atoms with van der Waals surface area (Å²) in [6.07, 6.45) is -0.671. The van der Waals surface area contributed by atoms with Crippen molar-refractivity contribution >= 4 is 5.91 Å². The maximum atomic E-state index is 13.1. The van der Waals surface area contributed by atoms with Crippen LogP contribution in [-0.2, 0) is 11.3 Å². The molecule has 1 atom stereocenters. The van der Waals surface area contributed by atoms with E-state index in [1.54, 1.807) is 31.0 Å². The van der Waals surface area contributed by atoms with Crippen molar-refractivity contribution in [2.45, 2.75) is 26.5 Å². The molecule has 1 unspecified atom stereocenters. The van der Waals surface area contributed by atoms with Gasteiger partial charge in [-0.25, -0.2) is 4.39 Å². The molecule has 0 heterocycles. The fourth-order valence-corrected chi connectivity index (χ4v) is 2.23. The van der Waals surface area contributed by atoms with Crippen LogP contribution < -0.4 is 4.74 Å². The maximum absolute atomic E-state index is 13.1. The molecule has 0 aliphatic heterocycles. The van der Waals surface area contributed by atoms with Gasteiger partial charge in [0, 0.05) is 19.7 Å². The second kappa shape index (κ2) is 7.07. The molecule has 4 heteroatoms. The number of hydrogen-bond acceptors (Lipinski definition) is 2. The van der Waals surface area contributed by atoms with Gasteiger partial charge in [-0.15, -0.1) is 0 Å². The molecule has 22 heavy (non-hydrogen) atoms. The molecule has 0 bridgehead atoms. The Morgan fingerprint density at radius 2 is 1.95 bits per heavy atom. The SMILES string of the molecule is Cc1ccccc1CN(C)C(=O)C(C)Oc1cccc(F)c1. The lowest BCUT2D eigenvalue weighted by molar-refractivity contribution is -0.137. The highest BCUT2D eigenvalue weighted by Crippen LogP contribution is 2.15. The quantitative estimate of drug-likeness (QED) is 0.845. The van der Waals surface area contributed by atoms with E-state index in [2.05, 4.69) is 0 Å². The van der Waals surface area contributed by atoms with Gasteiger partial charge in [-0.2, -0.15) is 0 Å². The van der Waals surface area contributed by atoms with Gasteiger partial charge in [0.15, 0.2) is 6.10 Å². The highest BCUT2D eigenvalue weighted by molar-refractivity contribution is 5.80. The van der Waals surface area contributed by atoms with Crippen molar-refractivity contribution in [2.24, 2.45) is 0 Å². The van der Waals surface area contributed by atoms with E-state index in [1.807, 2.05) is 31.2 Å². The minimum Gasteiger partial charge on any atom is -0.481 e. The van der Waals surface area contributed by atoms with E-state index in [9.17, 15) is 9.18 Å². The van der Waals surface area contributed by atoms with Crippen LogP contribution >= 0.6 is 0 Å². The molecule has 1 amide bonds. The molecule has 0 aliphatic carbocycles. The summed E-state index contributed by atoms with van der Waals surface area (Å²) in [7, 11) is 1.74. The van der Waals surface area contributed by atoms with Crippen molar-refractivity contribution < 1.29 is 13.9 Å². The van der Waals surface area contributed by atoms with Crippen LogP contribution in [0.15, 0.2) is 48.5 Å². The molecule has 2 aromatic carbocycles. The normalized spacial score (nSPS) is 11.8. The lowest BCUT2D eigenvalue weighted by Gasteiger charge is -2.23. The molecule has 0 fully saturated rings. The molecule has 2 aromatic rings. The van der Waals surface area contributed by atoms with Crippen molar-refractivity contribution in [3.8, 4) is 5.75 Å². The lowest BCUT2D eigenvalue weighted by atomic mass is 10.1. The van der Waals surface area contributed by atoms with E-state index < -0.39 is 6.10 Å². The van der Waals surface area contributed by atoms with Gasteiger partial charge in [-0.05, 0) is 37.1 Å². The number of carbonyl (C=O) groups is 1. The molecular weight excluding hydrogens is 281 g/mol. The summed E-state index contributed by atoms with van der Waals surface area (Å²) in [5.41, 5.74) is 2.23. The first-order valence-electron chi connectivity index (χ1n) is 7.19. The van der Waals surface area contributed by atoms with E-state index in [1.165, 1.54) is 12.1 Å². The number of aryl methyl sites for hydroxylation is 1. The lowest BCUT2D eigenvalue weighted by Crippen LogP contribution is -2.37. The Bertz CT molecular complexity index is 657. The van der Waals surface area contributed by atoms with Gasteiger partial charge in [0.2, 0.25) is 0 Å². The molecule has 0 radical (unpaired) electrons. The topological polar surface area (TPSA) is 29.5 Å². The fraction of sp³-hybridized carbons (Fsp3) is 0.278. The molecule has 0 aromatic heterocycles. The number of rotatable bonds is 5. The monoisotopic (exact) mass is 301 g/mol. The zero-order valence-electron chi connectivity index (χ0n) is 13.0. The van der Waals surface area contributed by atoms with E-state index in [0.29, 0.717) is 12.3 Å². The number of carbonyl (C=O) groups excluding carboxylic acids is 1. The third-order valence-electron chi connectivity index (χ3n) is 3.50. The van der Waals surface area contributed by atoms with Crippen molar-refractivity contribution in [1.29, 1.82) is 0 Å². The van der Waals surface area contributed by atoms with Crippen LogP contribution in [0.25, 0.3) is 0 Å². The third-order valence-corrected chi connectivity index (χ3v) is 3.50. The minimum atomic E-state index is -0.671. The first-order chi connectivity index (χ1) is 10.5. The number of ether oxygens (including phenoxy) is 1. The predicted octanol–water partition coefficient (Wildman–Crippen LogP) is 3.56. The Morgan fingerprint density at radius 1 is 1.23 bits per heavy atom. The minimum absolute atomic E-state index is 0.146. The molecule has 0 aliphatic rings. The average Bonchev–Trinajstić information content (AvgIpc) is 2.48. The van der Waals surface area contributed by atoms with Gasteiger partial charge in [0.25, 0.3) is 5.91 Å². The largest absolute Gasteiger partial charge is 0.481 e. The van der Waals surface area contributed by atoms with Gasteiger partial charge in [0.1, 0.15) is 11.6 Å². The second-order valence-corrected chi connectivity index (χ2v) is 5.34. The molecule has 116 valence electrons. The number of likely N-dealkylation sites (N-methyl/N-ethyl adjacent to an activating group) is 1. The van der Waals surface area contributed by atoms with E-state index in [4.69, 9.17) is 4.74 Å². The Hall–Kier alpha value is -2.36. The van der Waals surface area contributed by atoms with Crippen molar-refractivity contribution in [1.82, 2.24) is 4.90 Å². The van der Waals surface area contributed by atoms with Crippen LogP contribution in [-0.4, -0.2) is 24.0 Å². The summed E-state index contributed by atoms with van der Waals surface area (Å²) in [6.45, 7) is 4.20. The maximum Gasteiger partial charge on any atom is 0.263 e. The van der Waals surface area contributed by atoms with E-state index >= 15 is 0 Å². The predicted molar refractivity (Wildman–Crippen MR) is 84.1 cm³/mol. The third kappa shape index (κ3) is 4.07. The zero-order valence-corrected chi connectivity index (χ0v) is 13.0. The molecule has 0 saturated heterocycles. The number of benzene rings is 2. The van der Waals surface area contributed by atoms with Gasteiger partial charge in [0.05, 0.1) is 0 Å². The Labute approximate surface area is 130 Å². The van der Waals surface area contributed by atoms with Crippen LogP contribution in [0.2, 0.25) is 0 Å². The highest BCUT2D eigenvalue weighted by Gasteiger charge is 2.19. The van der Waals surface area contributed by atoms with Crippen molar-refractivity contribution in [3.63, 3.8) is 0 Å². The Kier molecular flexibility index (Phi) is 5.15. The number of amides is 1. The highest BCUT2D eigenvalue weighted by atomic mass is 19.1. The van der Waals surface area contributed by atoms with Crippen molar-refractivity contribution in [3.05, 3.63) is 65.5 Å². The van der Waals surface area contributed by atoms with Crippen LogP contribution in [0.5, 0.6) is 5.75 Å². The number of nitrogens with zero attached hydrogens (tertiary/aromatic N) is 1. The summed E-state index contributed by atoms with van der Waals surface area (Å²) in [4.78, 5) is 14.0. The van der Waals surface area contributed by atoms with E-state index in [0.717, 1.165) is 11.1 Å². The summed E-state index contributed by atoms with van der Waals surface area (Å²) >= 11 is 0. The second-order valence-electron chi connectivity index (χ2n) is 5.34. The van der Waals surface area contributed by atoms with Gasteiger partial charge >= 0.3 is 0 Å². The van der Waals surface area contributed by atoms with Crippen molar-refractivity contribution in [2.75, 3.05) is 7.05 Å². The summed E-state index contributed by atoms with van der Waals surface area (Å²) in [5.74, 6) is -0.178. The molecule has 0 spiro atoms. The van der Waals surface area contributed by atoms with Crippen LogP contribution in [0.3, 0.4) is 0 Å². The average molecular weight is 301 g/mol. The van der Waals surface area contributed by atoms with Gasteiger partial charge in [-0.1, -0.05) is 30.3 Å². The van der Waals surface area contributed by atoms with Crippen LogP contribution in [0, 0.1) is 12.7 Å².